The summed E-state index contributed by atoms with van der Waals surface area (Å²) in [6, 6.07) is 7.28. The summed E-state index contributed by atoms with van der Waals surface area (Å²) in [6.07, 6.45) is 3.34. The van der Waals surface area contributed by atoms with Gasteiger partial charge >= 0.3 is 0 Å². The minimum Gasteiger partial charge on any atom is -0.507 e. The van der Waals surface area contributed by atoms with E-state index in [4.69, 9.17) is 9.15 Å². The van der Waals surface area contributed by atoms with Crippen molar-refractivity contribution in [3.05, 3.63) is 45.6 Å². The molecule has 4 heteroatoms. The minimum atomic E-state index is -0.183. The lowest BCUT2D eigenvalue weighted by Crippen LogP contribution is -2.08. The number of aryl methyl sites for hydroxylation is 2. The maximum atomic E-state index is 13.5. The molecule has 3 rings (SSSR count). The van der Waals surface area contributed by atoms with Gasteiger partial charge in [-0.3, -0.25) is 4.79 Å². The molecule has 0 aliphatic carbocycles. The largest absolute Gasteiger partial charge is 0.507 e. The lowest BCUT2D eigenvalue weighted by molar-refractivity contribution is 0.408. The summed E-state index contributed by atoms with van der Waals surface area (Å²) in [6.45, 7) is 8.60. The maximum Gasteiger partial charge on any atom is 0.204 e. The average molecular weight is 383 g/mol. The smallest absolute Gasteiger partial charge is 0.204 e. The molecule has 0 fully saturated rings. The first kappa shape index (κ1) is 20.2. The van der Waals surface area contributed by atoms with Gasteiger partial charge in [-0.2, -0.15) is 0 Å². The molecule has 0 saturated carbocycles. The summed E-state index contributed by atoms with van der Waals surface area (Å²) < 4.78 is 11.5. The number of fused-ring (bicyclic) bond motifs is 2. The van der Waals surface area contributed by atoms with E-state index in [0.717, 1.165) is 36.8 Å². The van der Waals surface area contributed by atoms with E-state index in [1.54, 1.807) is 19.2 Å². The highest BCUT2D eigenvalue weighted by Crippen LogP contribution is 2.34. The van der Waals surface area contributed by atoms with Crippen LogP contribution in [0.15, 0.2) is 33.5 Å². The summed E-state index contributed by atoms with van der Waals surface area (Å²) in [5.74, 6) is 1.76. The number of aromatic hydroxyl groups is 1. The van der Waals surface area contributed by atoms with E-state index in [-0.39, 0.29) is 16.6 Å². The number of ether oxygens (including phenoxy) is 1. The second kappa shape index (κ2) is 8.26. The van der Waals surface area contributed by atoms with Crippen LogP contribution in [0.1, 0.15) is 51.7 Å². The highest BCUT2D eigenvalue weighted by Gasteiger charge is 2.19. The molecular formula is C24H30O4. The van der Waals surface area contributed by atoms with Crippen molar-refractivity contribution in [3.63, 3.8) is 0 Å². The molecule has 0 aliphatic heterocycles. The zero-order chi connectivity index (χ0) is 20.4. The van der Waals surface area contributed by atoms with Gasteiger partial charge in [-0.15, -0.1) is 0 Å². The topological polar surface area (TPSA) is 59.7 Å². The maximum absolute atomic E-state index is 13.5. The second-order valence-electron chi connectivity index (χ2n) is 8.36. The van der Waals surface area contributed by atoms with Gasteiger partial charge in [0.2, 0.25) is 5.43 Å². The normalized spacial score (nSPS) is 11.8. The van der Waals surface area contributed by atoms with Crippen molar-refractivity contribution in [2.75, 3.05) is 7.11 Å². The Labute approximate surface area is 166 Å². The Kier molecular flexibility index (Phi) is 5.97. The van der Waals surface area contributed by atoms with Crippen LogP contribution in [0.5, 0.6) is 11.5 Å². The molecule has 0 bridgehead atoms. The van der Waals surface area contributed by atoms with Crippen molar-refractivity contribution in [2.24, 2.45) is 11.8 Å². The lowest BCUT2D eigenvalue weighted by Gasteiger charge is -2.14. The molecule has 1 heterocycles. The number of phenols is 1. The van der Waals surface area contributed by atoms with Gasteiger partial charge in [0.15, 0.2) is 0 Å². The summed E-state index contributed by atoms with van der Waals surface area (Å²) in [5, 5.41) is 11.6. The number of benzene rings is 2. The van der Waals surface area contributed by atoms with E-state index in [9.17, 15) is 9.90 Å². The average Bonchev–Trinajstić information content (AvgIpc) is 2.65. The Hall–Kier alpha value is -2.49. The molecule has 2 aromatic carbocycles. The fraction of sp³-hybridized carbons (Fsp3) is 0.458. The molecular weight excluding hydrogens is 352 g/mol. The molecule has 28 heavy (non-hydrogen) atoms. The first-order valence-electron chi connectivity index (χ1n) is 10.1. The zero-order valence-corrected chi connectivity index (χ0v) is 17.5. The minimum absolute atomic E-state index is 0.0476. The number of rotatable bonds is 7. The van der Waals surface area contributed by atoms with Crippen LogP contribution in [0.3, 0.4) is 0 Å². The van der Waals surface area contributed by atoms with Gasteiger partial charge in [-0.05, 0) is 61.3 Å². The van der Waals surface area contributed by atoms with Crippen LogP contribution in [0.4, 0.5) is 0 Å². The van der Waals surface area contributed by atoms with Crippen molar-refractivity contribution < 1.29 is 14.3 Å². The molecule has 0 atom stereocenters. The van der Waals surface area contributed by atoms with E-state index >= 15 is 0 Å². The number of phenolic OH excluding ortho intramolecular Hbond substituents is 1. The molecule has 4 nitrogen and oxygen atoms in total. The van der Waals surface area contributed by atoms with E-state index in [0.29, 0.717) is 34.1 Å². The van der Waals surface area contributed by atoms with Gasteiger partial charge < -0.3 is 14.3 Å². The highest BCUT2D eigenvalue weighted by molar-refractivity contribution is 5.96. The molecule has 0 radical (unpaired) electrons. The van der Waals surface area contributed by atoms with Crippen molar-refractivity contribution in [1.82, 2.24) is 0 Å². The van der Waals surface area contributed by atoms with Crippen LogP contribution in [0.2, 0.25) is 0 Å². The molecule has 1 aromatic heterocycles. The second-order valence-corrected chi connectivity index (χ2v) is 8.36. The molecule has 150 valence electrons. The van der Waals surface area contributed by atoms with E-state index in [1.807, 2.05) is 12.1 Å². The SMILES string of the molecule is COc1ccc2oc3ccc(CCC(C)C)c(O)c3c(=O)c2c1CCC(C)C. The molecule has 0 unspecified atom stereocenters. The van der Waals surface area contributed by atoms with Gasteiger partial charge in [-0.1, -0.05) is 33.8 Å². The summed E-state index contributed by atoms with van der Waals surface area (Å²) in [4.78, 5) is 13.5. The third-order valence-corrected chi connectivity index (χ3v) is 5.31. The molecule has 0 aliphatic rings. The Morgan fingerprint density at radius 1 is 0.929 bits per heavy atom. The number of hydrogen-bond donors (Lipinski definition) is 1. The summed E-state index contributed by atoms with van der Waals surface area (Å²) in [5.41, 5.74) is 2.42. The first-order chi connectivity index (χ1) is 13.3. The quantitative estimate of drug-likeness (QED) is 0.522. The van der Waals surface area contributed by atoms with Crippen LogP contribution < -0.4 is 10.2 Å². The zero-order valence-electron chi connectivity index (χ0n) is 17.5. The van der Waals surface area contributed by atoms with Crippen molar-refractivity contribution in [2.45, 2.75) is 53.4 Å². The molecule has 0 spiro atoms. The van der Waals surface area contributed by atoms with Gasteiger partial charge in [0.05, 0.1) is 12.5 Å². The monoisotopic (exact) mass is 382 g/mol. The van der Waals surface area contributed by atoms with Crippen LogP contribution in [-0.4, -0.2) is 12.2 Å². The highest BCUT2D eigenvalue weighted by atomic mass is 16.5. The van der Waals surface area contributed by atoms with E-state index in [1.165, 1.54) is 0 Å². The molecule has 0 saturated heterocycles. The fourth-order valence-corrected chi connectivity index (χ4v) is 3.62. The number of methoxy groups -OCH3 is 1. The predicted molar refractivity (Wildman–Crippen MR) is 115 cm³/mol. The van der Waals surface area contributed by atoms with Crippen molar-refractivity contribution >= 4 is 21.9 Å². The Morgan fingerprint density at radius 2 is 1.54 bits per heavy atom. The fourth-order valence-electron chi connectivity index (χ4n) is 3.62. The Bertz CT molecular complexity index is 1040. The standard InChI is InChI=1S/C24H30O4/c1-14(2)6-8-16-9-11-20-22(23(16)25)24(26)21-17(10-7-15(3)4)18(27-5)12-13-19(21)28-20/h9,11-15,25H,6-8,10H2,1-5H3. The van der Waals surface area contributed by atoms with Crippen molar-refractivity contribution in [3.8, 4) is 11.5 Å². The predicted octanol–water partition coefficient (Wildman–Crippen LogP) is 5.84. The Balaban J connectivity index is 2.26. The summed E-state index contributed by atoms with van der Waals surface area (Å²) in [7, 11) is 1.62. The van der Waals surface area contributed by atoms with Crippen LogP contribution in [-0.2, 0) is 12.8 Å². The lowest BCUT2D eigenvalue weighted by atomic mass is 9.96. The van der Waals surface area contributed by atoms with Crippen LogP contribution >= 0.6 is 0 Å². The molecule has 0 amide bonds. The van der Waals surface area contributed by atoms with Crippen molar-refractivity contribution in [1.29, 1.82) is 0 Å². The number of hydrogen-bond acceptors (Lipinski definition) is 4. The molecule has 3 aromatic rings. The van der Waals surface area contributed by atoms with Gasteiger partial charge in [0.1, 0.15) is 28.1 Å². The van der Waals surface area contributed by atoms with Gasteiger partial charge in [0, 0.05) is 5.56 Å². The molecule has 1 N–H and O–H groups in total. The van der Waals surface area contributed by atoms with Crippen LogP contribution in [0, 0.1) is 11.8 Å². The first-order valence-corrected chi connectivity index (χ1v) is 10.1. The third kappa shape index (κ3) is 3.87. The van der Waals surface area contributed by atoms with E-state index < -0.39 is 0 Å². The third-order valence-electron chi connectivity index (χ3n) is 5.31. The Morgan fingerprint density at radius 3 is 2.18 bits per heavy atom. The van der Waals surface area contributed by atoms with Gasteiger partial charge in [0.25, 0.3) is 0 Å². The van der Waals surface area contributed by atoms with Gasteiger partial charge in [-0.25, -0.2) is 0 Å². The van der Waals surface area contributed by atoms with Crippen LogP contribution in [0.25, 0.3) is 21.9 Å². The summed E-state index contributed by atoms with van der Waals surface area (Å²) >= 11 is 0. The van der Waals surface area contributed by atoms with E-state index in [2.05, 4.69) is 27.7 Å².